The summed E-state index contributed by atoms with van der Waals surface area (Å²) >= 11 is 0. The molecule has 2 rings (SSSR count). The third-order valence-electron chi connectivity index (χ3n) is 4.48. The number of hydrogen-bond acceptors (Lipinski definition) is 5. The molecule has 2 aromatic carbocycles. The van der Waals surface area contributed by atoms with Crippen molar-refractivity contribution in [3.05, 3.63) is 47.5 Å². The lowest BCUT2D eigenvalue weighted by Gasteiger charge is -2.17. The number of nitrogens with one attached hydrogen (secondary N) is 2. The normalized spacial score (nSPS) is 11.3. The average Bonchev–Trinajstić information content (AvgIpc) is 2.73. The Kier molecular flexibility index (Phi) is 7.88. The van der Waals surface area contributed by atoms with Crippen LogP contribution in [0.5, 0.6) is 17.2 Å². The third-order valence-corrected chi connectivity index (χ3v) is 4.48. The van der Waals surface area contributed by atoms with Gasteiger partial charge in [-0.05, 0) is 42.3 Å². The van der Waals surface area contributed by atoms with Crippen LogP contribution >= 0.6 is 0 Å². The Morgan fingerprint density at radius 3 is 2.00 bits per heavy atom. The highest BCUT2D eigenvalue weighted by Gasteiger charge is 2.16. The zero-order valence-corrected chi connectivity index (χ0v) is 17.5. The molecule has 0 aliphatic rings. The molecule has 0 spiro atoms. The molecular formula is C22H28N2O5. The van der Waals surface area contributed by atoms with E-state index in [1.807, 2.05) is 31.2 Å². The van der Waals surface area contributed by atoms with Crippen LogP contribution in [0.4, 0.5) is 5.69 Å². The number of carbonyl (C=O) groups is 2. The molecule has 0 saturated heterocycles. The van der Waals surface area contributed by atoms with Crippen LogP contribution in [-0.4, -0.2) is 33.1 Å². The SMILES string of the molecule is CCC(=O)Nc1ccc(C(C)NC(=O)Cc2cc(OC)c(OC)c(OC)c2)cc1. The standard InChI is InChI=1S/C22H28N2O5/c1-6-20(25)24-17-9-7-16(8-10-17)14(2)23-21(26)13-15-11-18(27-3)22(29-5)19(12-15)28-4/h7-12,14H,6,13H2,1-5H3,(H,23,26)(H,24,25). The smallest absolute Gasteiger partial charge is 0.224 e. The molecule has 0 heterocycles. The first kappa shape index (κ1) is 22.1. The highest BCUT2D eigenvalue weighted by molar-refractivity contribution is 5.90. The fraction of sp³-hybridized carbons (Fsp3) is 0.364. The van der Waals surface area contributed by atoms with Crippen LogP contribution in [-0.2, 0) is 16.0 Å². The maximum atomic E-state index is 12.5. The van der Waals surface area contributed by atoms with Crippen molar-refractivity contribution in [2.75, 3.05) is 26.6 Å². The van der Waals surface area contributed by atoms with Gasteiger partial charge < -0.3 is 24.8 Å². The maximum absolute atomic E-state index is 12.5. The summed E-state index contributed by atoms with van der Waals surface area (Å²) in [4.78, 5) is 24.0. The second kappa shape index (κ2) is 10.4. The molecule has 0 saturated carbocycles. The first-order valence-electron chi connectivity index (χ1n) is 9.39. The van der Waals surface area contributed by atoms with Gasteiger partial charge in [-0.15, -0.1) is 0 Å². The Morgan fingerprint density at radius 1 is 0.931 bits per heavy atom. The van der Waals surface area contributed by atoms with Gasteiger partial charge in [-0.1, -0.05) is 19.1 Å². The van der Waals surface area contributed by atoms with Crippen molar-refractivity contribution < 1.29 is 23.8 Å². The largest absolute Gasteiger partial charge is 0.493 e. The Hall–Kier alpha value is -3.22. The van der Waals surface area contributed by atoms with Crippen LogP contribution in [0.3, 0.4) is 0 Å². The van der Waals surface area contributed by atoms with E-state index in [0.29, 0.717) is 23.7 Å². The quantitative estimate of drug-likeness (QED) is 0.673. The number of ether oxygens (including phenoxy) is 3. The second-order valence-corrected chi connectivity index (χ2v) is 6.52. The maximum Gasteiger partial charge on any atom is 0.224 e. The molecule has 156 valence electrons. The molecule has 2 N–H and O–H groups in total. The van der Waals surface area contributed by atoms with E-state index < -0.39 is 0 Å². The summed E-state index contributed by atoms with van der Waals surface area (Å²) in [6, 6.07) is 10.8. The molecule has 0 aliphatic heterocycles. The first-order valence-corrected chi connectivity index (χ1v) is 9.39. The summed E-state index contributed by atoms with van der Waals surface area (Å²) in [6.07, 6.45) is 0.598. The zero-order valence-electron chi connectivity index (χ0n) is 17.5. The number of hydrogen-bond donors (Lipinski definition) is 2. The van der Waals surface area contributed by atoms with E-state index in [0.717, 1.165) is 16.8 Å². The summed E-state index contributed by atoms with van der Waals surface area (Å²) in [5.41, 5.74) is 2.43. The van der Waals surface area contributed by atoms with Crippen LogP contribution < -0.4 is 24.8 Å². The lowest BCUT2D eigenvalue weighted by molar-refractivity contribution is -0.121. The summed E-state index contributed by atoms with van der Waals surface area (Å²) in [5.74, 6) is 1.34. The number of methoxy groups -OCH3 is 3. The van der Waals surface area contributed by atoms with Crippen molar-refractivity contribution in [3.8, 4) is 17.2 Å². The van der Waals surface area contributed by atoms with Crippen molar-refractivity contribution in [2.24, 2.45) is 0 Å². The van der Waals surface area contributed by atoms with E-state index in [4.69, 9.17) is 14.2 Å². The van der Waals surface area contributed by atoms with Gasteiger partial charge in [0.1, 0.15) is 0 Å². The van der Waals surface area contributed by atoms with E-state index >= 15 is 0 Å². The molecular weight excluding hydrogens is 372 g/mol. The van der Waals surface area contributed by atoms with Crippen molar-refractivity contribution in [1.29, 1.82) is 0 Å². The molecule has 7 nitrogen and oxygen atoms in total. The van der Waals surface area contributed by atoms with Crippen molar-refractivity contribution >= 4 is 17.5 Å². The van der Waals surface area contributed by atoms with Crippen LogP contribution in [0.1, 0.15) is 37.4 Å². The average molecular weight is 400 g/mol. The summed E-state index contributed by atoms with van der Waals surface area (Å²) < 4.78 is 16.0. The molecule has 29 heavy (non-hydrogen) atoms. The number of amides is 2. The van der Waals surface area contributed by atoms with E-state index in [1.165, 1.54) is 21.3 Å². The van der Waals surface area contributed by atoms with Gasteiger partial charge in [0.15, 0.2) is 11.5 Å². The summed E-state index contributed by atoms with van der Waals surface area (Å²) in [5, 5.41) is 5.78. The van der Waals surface area contributed by atoms with Crippen molar-refractivity contribution in [2.45, 2.75) is 32.7 Å². The molecule has 0 aliphatic carbocycles. The van der Waals surface area contributed by atoms with E-state index in [-0.39, 0.29) is 24.3 Å². The molecule has 0 aromatic heterocycles. The van der Waals surface area contributed by atoms with Gasteiger partial charge in [0.25, 0.3) is 0 Å². The molecule has 0 radical (unpaired) electrons. The van der Waals surface area contributed by atoms with Crippen LogP contribution in [0.2, 0.25) is 0 Å². The molecule has 7 heteroatoms. The van der Waals surface area contributed by atoms with Gasteiger partial charge in [0.2, 0.25) is 17.6 Å². The Balaban J connectivity index is 2.04. The molecule has 2 amide bonds. The van der Waals surface area contributed by atoms with Crippen LogP contribution in [0.15, 0.2) is 36.4 Å². The fourth-order valence-corrected chi connectivity index (χ4v) is 2.90. The van der Waals surface area contributed by atoms with Gasteiger partial charge in [0.05, 0.1) is 33.8 Å². The van der Waals surface area contributed by atoms with Gasteiger partial charge in [-0.25, -0.2) is 0 Å². The van der Waals surface area contributed by atoms with Gasteiger partial charge in [-0.2, -0.15) is 0 Å². The van der Waals surface area contributed by atoms with E-state index in [1.54, 1.807) is 19.1 Å². The number of anilines is 1. The minimum absolute atomic E-state index is 0.0375. The highest BCUT2D eigenvalue weighted by atomic mass is 16.5. The lowest BCUT2D eigenvalue weighted by atomic mass is 10.1. The minimum atomic E-state index is -0.180. The predicted octanol–water partition coefficient (Wildman–Crippen LogP) is 3.48. The first-order chi connectivity index (χ1) is 13.9. The Labute approximate surface area is 171 Å². The summed E-state index contributed by atoms with van der Waals surface area (Å²) in [6.45, 7) is 3.71. The Bertz CT molecular complexity index is 824. The van der Waals surface area contributed by atoms with Crippen molar-refractivity contribution in [3.63, 3.8) is 0 Å². The third kappa shape index (κ3) is 5.88. The molecule has 1 unspecified atom stereocenters. The Morgan fingerprint density at radius 2 is 1.52 bits per heavy atom. The van der Waals surface area contributed by atoms with Gasteiger partial charge in [-0.3, -0.25) is 9.59 Å². The van der Waals surface area contributed by atoms with E-state index in [9.17, 15) is 9.59 Å². The van der Waals surface area contributed by atoms with Gasteiger partial charge >= 0.3 is 0 Å². The summed E-state index contributed by atoms with van der Waals surface area (Å²) in [7, 11) is 4.61. The predicted molar refractivity (Wildman–Crippen MR) is 112 cm³/mol. The van der Waals surface area contributed by atoms with Crippen LogP contribution in [0, 0.1) is 0 Å². The lowest BCUT2D eigenvalue weighted by Crippen LogP contribution is -2.28. The molecule has 2 aromatic rings. The zero-order chi connectivity index (χ0) is 21.4. The fourth-order valence-electron chi connectivity index (χ4n) is 2.90. The monoisotopic (exact) mass is 400 g/mol. The number of carbonyl (C=O) groups excluding carboxylic acids is 2. The topological polar surface area (TPSA) is 85.9 Å². The molecule has 0 bridgehead atoms. The second-order valence-electron chi connectivity index (χ2n) is 6.52. The number of benzene rings is 2. The molecule has 1 atom stereocenters. The molecule has 0 fully saturated rings. The minimum Gasteiger partial charge on any atom is -0.493 e. The van der Waals surface area contributed by atoms with Gasteiger partial charge in [0, 0.05) is 12.1 Å². The van der Waals surface area contributed by atoms with Crippen LogP contribution in [0.25, 0.3) is 0 Å². The van der Waals surface area contributed by atoms with E-state index in [2.05, 4.69) is 10.6 Å². The highest BCUT2D eigenvalue weighted by Crippen LogP contribution is 2.38. The van der Waals surface area contributed by atoms with Crippen molar-refractivity contribution in [1.82, 2.24) is 5.32 Å². The number of rotatable bonds is 9.